The molecule has 0 aliphatic heterocycles. The molecule has 1 rings (SSSR count). The molecule has 0 aliphatic rings. The summed E-state index contributed by atoms with van der Waals surface area (Å²) in [5.74, 6) is -3.22. The first-order valence-corrected chi connectivity index (χ1v) is 7.08. The van der Waals surface area contributed by atoms with E-state index in [0.29, 0.717) is 0 Å². The van der Waals surface area contributed by atoms with Gasteiger partial charge >= 0.3 is 5.97 Å². The molecule has 0 spiro atoms. The van der Waals surface area contributed by atoms with E-state index < -0.39 is 40.3 Å². The van der Waals surface area contributed by atoms with Crippen LogP contribution in [0.1, 0.15) is 16.9 Å². The van der Waals surface area contributed by atoms with Crippen LogP contribution in [0.4, 0.5) is 0 Å². The second-order valence-corrected chi connectivity index (χ2v) is 5.81. The van der Waals surface area contributed by atoms with Crippen molar-refractivity contribution in [1.29, 1.82) is 0 Å². The average Bonchev–Trinajstić information content (AvgIpc) is 2.69. The lowest BCUT2D eigenvalue weighted by Gasteiger charge is -2.12. The topological polar surface area (TPSA) is 175 Å². The Kier molecular flexibility index (Phi) is 4.70. The van der Waals surface area contributed by atoms with Crippen LogP contribution in [0.15, 0.2) is 17.2 Å². The van der Waals surface area contributed by atoms with Gasteiger partial charge in [-0.2, -0.15) is 0 Å². The van der Waals surface area contributed by atoms with Crippen LogP contribution in [0, 0.1) is 0 Å². The molecular formula is C10H14N4O6S. The van der Waals surface area contributed by atoms with E-state index in [9.17, 15) is 22.8 Å². The summed E-state index contributed by atoms with van der Waals surface area (Å²) in [6.45, 7) is 0. The van der Waals surface area contributed by atoms with Crippen molar-refractivity contribution >= 4 is 27.8 Å². The number of rotatable bonds is 6. The monoisotopic (exact) mass is 318 g/mol. The summed E-state index contributed by atoms with van der Waals surface area (Å²) >= 11 is 0. The van der Waals surface area contributed by atoms with Gasteiger partial charge in [-0.3, -0.25) is 9.59 Å². The predicted octanol–water partition coefficient (Wildman–Crippen LogP) is -2.27. The van der Waals surface area contributed by atoms with Crippen LogP contribution in [-0.4, -0.2) is 41.9 Å². The van der Waals surface area contributed by atoms with Crippen LogP contribution < -0.4 is 16.2 Å². The minimum atomic E-state index is -3.99. The number of nitrogens with one attached hydrogen (secondary N) is 1. The summed E-state index contributed by atoms with van der Waals surface area (Å²) < 4.78 is 23.5. The van der Waals surface area contributed by atoms with E-state index >= 15 is 0 Å². The lowest BCUT2D eigenvalue weighted by molar-refractivity contribution is -0.140. The first-order chi connectivity index (χ1) is 9.52. The fourth-order valence-electron chi connectivity index (χ4n) is 1.55. The number of hydrogen-bond donors (Lipinski definition) is 4. The van der Waals surface area contributed by atoms with Crippen LogP contribution in [0.25, 0.3) is 0 Å². The minimum Gasteiger partial charge on any atom is -0.480 e. The van der Waals surface area contributed by atoms with Gasteiger partial charge < -0.3 is 20.7 Å². The Morgan fingerprint density at radius 1 is 1.43 bits per heavy atom. The maximum Gasteiger partial charge on any atom is 0.326 e. The molecule has 0 saturated carbocycles. The first-order valence-electron chi connectivity index (χ1n) is 5.53. The third-order valence-electron chi connectivity index (χ3n) is 2.55. The molecule has 116 valence electrons. The molecule has 0 saturated heterocycles. The molecule has 6 N–H and O–H groups in total. The van der Waals surface area contributed by atoms with Crippen molar-refractivity contribution in [3.8, 4) is 0 Å². The molecule has 1 aromatic heterocycles. The van der Waals surface area contributed by atoms with Gasteiger partial charge in [0.1, 0.15) is 16.6 Å². The molecule has 0 bridgehead atoms. The fourth-order valence-corrected chi connectivity index (χ4v) is 2.13. The second kappa shape index (κ2) is 5.93. The molecule has 0 radical (unpaired) electrons. The minimum absolute atomic E-state index is 0.130. The highest BCUT2D eigenvalue weighted by atomic mass is 32.2. The summed E-state index contributed by atoms with van der Waals surface area (Å²) in [5, 5.41) is 15.9. The average molecular weight is 318 g/mol. The van der Waals surface area contributed by atoms with Crippen LogP contribution in [0.2, 0.25) is 0 Å². The van der Waals surface area contributed by atoms with Gasteiger partial charge in [0, 0.05) is 13.2 Å². The highest BCUT2D eigenvalue weighted by Crippen LogP contribution is 2.12. The van der Waals surface area contributed by atoms with Crippen molar-refractivity contribution in [2.24, 2.45) is 17.9 Å². The Morgan fingerprint density at radius 2 is 2.00 bits per heavy atom. The lowest BCUT2D eigenvalue weighted by Crippen LogP contribution is -2.43. The molecule has 0 fully saturated rings. The van der Waals surface area contributed by atoms with Gasteiger partial charge in [-0.25, -0.2) is 18.4 Å². The fraction of sp³-hybridized carbons (Fsp3) is 0.300. The Balaban J connectivity index is 3.01. The number of sulfonamides is 1. The number of carboxylic acids is 1. The van der Waals surface area contributed by atoms with Crippen molar-refractivity contribution in [2.45, 2.75) is 17.4 Å². The van der Waals surface area contributed by atoms with Crippen molar-refractivity contribution < 1.29 is 27.9 Å². The van der Waals surface area contributed by atoms with Crippen molar-refractivity contribution in [3.05, 3.63) is 18.0 Å². The number of carboxylic acid groups (broad SMARTS) is 1. The molecule has 2 amide bonds. The number of aryl methyl sites for hydroxylation is 1. The quantitative estimate of drug-likeness (QED) is 0.460. The number of aromatic nitrogens is 1. The summed E-state index contributed by atoms with van der Waals surface area (Å²) in [7, 11) is -2.61. The van der Waals surface area contributed by atoms with Gasteiger partial charge in [-0.1, -0.05) is 0 Å². The predicted molar refractivity (Wildman–Crippen MR) is 69.5 cm³/mol. The van der Waals surface area contributed by atoms with Crippen molar-refractivity contribution in [2.75, 3.05) is 0 Å². The lowest BCUT2D eigenvalue weighted by atomic mass is 10.2. The van der Waals surface area contributed by atoms with Crippen LogP contribution in [-0.2, 0) is 26.7 Å². The first kappa shape index (κ1) is 16.7. The zero-order valence-electron chi connectivity index (χ0n) is 10.9. The van der Waals surface area contributed by atoms with Gasteiger partial charge in [0.15, 0.2) is 0 Å². The molecule has 11 heteroatoms. The number of nitrogens with two attached hydrogens (primary N) is 2. The summed E-state index contributed by atoms with van der Waals surface area (Å²) in [4.78, 5) is 33.3. The molecule has 0 unspecified atom stereocenters. The van der Waals surface area contributed by atoms with Gasteiger partial charge in [0.25, 0.3) is 5.91 Å². The molecule has 21 heavy (non-hydrogen) atoms. The van der Waals surface area contributed by atoms with E-state index in [1.807, 2.05) is 0 Å². The standard InChI is InChI=1S/C10H14N4O6S/c1-14-4-5(21(12,19)20)2-7(14)9(16)13-6(10(17)18)3-8(11)15/h2,4,6H,3H2,1H3,(H2,11,15)(H,13,16)(H,17,18)(H2,12,19,20)/t6-/m0/s1. The zero-order valence-corrected chi connectivity index (χ0v) is 11.8. The van der Waals surface area contributed by atoms with E-state index in [4.69, 9.17) is 16.0 Å². The van der Waals surface area contributed by atoms with E-state index in [0.717, 1.165) is 16.8 Å². The molecule has 0 aromatic carbocycles. The van der Waals surface area contributed by atoms with Gasteiger partial charge in [-0.15, -0.1) is 0 Å². The van der Waals surface area contributed by atoms with E-state index in [1.54, 1.807) is 0 Å². The Bertz CT molecular complexity index is 692. The Morgan fingerprint density at radius 3 is 2.38 bits per heavy atom. The van der Waals surface area contributed by atoms with Crippen molar-refractivity contribution in [3.63, 3.8) is 0 Å². The number of carbonyl (C=O) groups excluding carboxylic acids is 2. The van der Waals surface area contributed by atoms with Gasteiger partial charge in [0.05, 0.1) is 6.42 Å². The number of nitrogens with zero attached hydrogens (tertiary/aromatic N) is 1. The maximum absolute atomic E-state index is 11.9. The van der Waals surface area contributed by atoms with Gasteiger partial charge in [-0.05, 0) is 6.07 Å². The molecule has 10 nitrogen and oxygen atoms in total. The van der Waals surface area contributed by atoms with Crippen molar-refractivity contribution in [1.82, 2.24) is 9.88 Å². The van der Waals surface area contributed by atoms with Gasteiger partial charge in [0.2, 0.25) is 15.9 Å². The normalized spacial score (nSPS) is 12.7. The van der Waals surface area contributed by atoms with E-state index in [2.05, 4.69) is 5.32 Å². The largest absolute Gasteiger partial charge is 0.480 e. The number of aliphatic carboxylic acids is 1. The second-order valence-electron chi connectivity index (χ2n) is 4.25. The van der Waals surface area contributed by atoms with Crippen LogP contribution in [0.3, 0.4) is 0 Å². The zero-order chi connectivity index (χ0) is 16.4. The number of carbonyl (C=O) groups is 3. The molecule has 1 aromatic rings. The SMILES string of the molecule is Cn1cc(S(N)(=O)=O)cc1C(=O)N[C@@H](CC(N)=O)C(=O)O. The third-order valence-corrected chi connectivity index (χ3v) is 3.43. The van der Waals surface area contributed by atoms with E-state index in [-0.39, 0.29) is 10.6 Å². The number of primary sulfonamides is 1. The maximum atomic E-state index is 11.9. The Hall–Kier alpha value is -2.40. The molecule has 0 aliphatic carbocycles. The smallest absolute Gasteiger partial charge is 0.326 e. The van der Waals surface area contributed by atoms with E-state index in [1.165, 1.54) is 7.05 Å². The molecule has 1 heterocycles. The number of amides is 2. The molecule has 1 atom stereocenters. The summed E-state index contributed by atoms with van der Waals surface area (Å²) in [6.07, 6.45) is 0.516. The number of hydrogen-bond acceptors (Lipinski definition) is 5. The van der Waals surface area contributed by atoms with Crippen LogP contribution in [0.5, 0.6) is 0 Å². The third kappa shape index (κ3) is 4.29. The van der Waals surface area contributed by atoms with Crippen LogP contribution >= 0.6 is 0 Å². The number of primary amides is 1. The molecular weight excluding hydrogens is 304 g/mol. The highest BCUT2D eigenvalue weighted by Gasteiger charge is 2.25. The summed E-state index contributed by atoms with van der Waals surface area (Å²) in [5.41, 5.74) is 4.75. The summed E-state index contributed by atoms with van der Waals surface area (Å²) in [6, 6.07) is -0.517. The Labute approximate surface area is 119 Å². The highest BCUT2D eigenvalue weighted by molar-refractivity contribution is 7.89.